The lowest BCUT2D eigenvalue weighted by Crippen LogP contribution is -2.35. The van der Waals surface area contributed by atoms with E-state index in [2.05, 4.69) is 0 Å². The molecule has 0 saturated carbocycles. The molecule has 0 aromatic heterocycles. The summed E-state index contributed by atoms with van der Waals surface area (Å²) in [7, 11) is 1.52. The average Bonchev–Trinajstić information content (AvgIpc) is 2.37. The van der Waals surface area contributed by atoms with Gasteiger partial charge in [-0.1, -0.05) is 12.1 Å². The number of rotatable bonds is 7. The monoisotopic (exact) mass is 267 g/mol. The summed E-state index contributed by atoms with van der Waals surface area (Å²) >= 11 is 0. The Balaban J connectivity index is 2.78. The van der Waals surface area contributed by atoms with E-state index in [0.717, 1.165) is 5.56 Å². The molecule has 4 N–H and O–H groups in total. The topological polar surface area (TPSA) is 110 Å². The van der Waals surface area contributed by atoms with Gasteiger partial charge in [-0.3, -0.25) is 9.59 Å². The van der Waals surface area contributed by atoms with Gasteiger partial charge in [-0.05, 0) is 30.5 Å². The highest BCUT2D eigenvalue weighted by Crippen LogP contribution is 2.18. The number of carbonyl (C=O) groups is 2. The second-order valence-electron chi connectivity index (χ2n) is 4.27. The first-order chi connectivity index (χ1) is 8.93. The molecule has 0 unspecified atom stereocenters. The van der Waals surface area contributed by atoms with Gasteiger partial charge < -0.3 is 20.7 Å². The Bertz CT molecular complexity index is 460. The minimum Gasteiger partial charge on any atom is -0.497 e. The Kier molecular flexibility index (Phi) is 5.32. The van der Waals surface area contributed by atoms with E-state index in [-0.39, 0.29) is 12.8 Å². The number of aliphatic carboxylic acids is 2. The Morgan fingerprint density at radius 2 is 2.00 bits per heavy atom. The van der Waals surface area contributed by atoms with Crippen LogP contribution in [0, 0.1) is 5.92 Å². The van der Waals surface area contributed by atoms with Crippen LogP contribution in [0.2, 0.25) is 0 Å². The molecule has 6 heteroatoms. The third-order valence-corrected chi connectivity index (χ3v) is 2.82. The lowest BCUT2D eigenvalue weighted by Gasteiger charge is -2.15. The van der Waals surface area contributed by atoms with Crippen molar-refractivity contribution in [1.29, 1.82) is 0 Å². The molecule has 1 aromatic rings. The van der Waals surface area contributed by atoms with Crippen LogP contribution < -0.4 is 10.5 Å². The number of methoxy groups -OCH3 is 1. The molecule has 0 fully saturated rings. The van der Waals surface area contributed by atoms with E-state index < -0.39 is 23.9 Å². The second-order valence-corrected chi connectivity index (χ2v) is 4.27. The predicted molar refractivity (Wildman–Crippen MR) is 68.1 cm³/mol. The maximum Gasteiger partial charge on any atom is 0.320 e. The van der Waals surface area contributed by atoms with E-state index in [1.54, 1.807) is 24.3 Å². The van der Waals surface area contributed by atoms with Crippen LogP contribution in [0.1, 0.15) is 12.0 Å². The molecule has 0 radical (unpaired) electrons. The largest absolute Gasteiger partial charge is 0.497 e. The van der Waals surface area contributed by atoms with Crippen molar-refractivity contribution in [3.05, 3.63) is 29.8 Å². The number of carboxylic acids is 2. The first-order valence-electron chi connectivity index (χ1n) is 5.78. The zero-order valence-corrected chi connectivity index (χ0v) is 10.6. The van der Waals surface area contributed by atoms with Crippen LogP contribution in [0.5, 0.6) is 5.75 Å². The highest BCUT2D eigenvalue weighted by molar-refractivity contribution is 5.76. The number of hydrogen-bond acceptors (Lipinski definition) is 4. The van der Waals surface area contributed by atoms with E-state index in [9.17, 15) is 9.59 Å². The molecular formula is C13H17NO5. The van der Waals surface area contributed by atoms with Gasteiger partial charge >= 0.3 is 11.9 Å². The number of hydrogen-bond donors (Lipinski definition) is 3. The van der Waals surface area contributed by atoms with Gasteiger partial charge in [-0.15, -0.1) is 0 Å². The van der Waals surface area contributed by atoms with Crippen molar-refractivity contribution in [1.82, 2.24) is 0 Å². The number of ether oxygens (including phenoxy) is 1. The third-order valence-electron chi connectivity index (χ3n) is 2.82. The van der Waals surface area contributed by atoms with E-state index in [0.29, 0.717) is 5.75 Å². The van der Waals surface area contributed by atoms with Crippen molar-refractivity contribution < 1.29 is 24.5 Å². The van der Waals surface area contributed by atoms with Gasteiger partial charge in [0.2, 0.25) is 0 Å². The van der Waals surface area contributed by atoms with Crippen LogP contribution in [-0.4, -0.2) is 35.3 Å². The molecule has 0 spiro atoms. The second kappa shape index (κ2) is 6.75. The van der Waals surface area contributed by atoms with Crippen LogP contribution in [-0.2, 0) is 16.0 Å². The summed E-state index contributed by atoms with van der Waals surface area (Å²) < 4.78 is 5.05. The lowest BCUT2D eigenvalue weighted by atomic mass is 9.93. The first kappa shape index (κ1) is 15.0. The molecule has 0 aliphatic carbocycles. The summed E-state index contributed by atoms with van der Waals surface area (Å²) in [4.78, 5) is 21.8. The van der Waals surface area contributed by atoms with Gasteiger partial charge in [0.25, 0.3) is 0 Å². The summed E-state index contributed by atoms with van der Waals surface area (Å²) in [6.45, 7) is 0. The normalized spacial score (nSPS) is 13.6. The zero-order chi connectivity index (χ0) is 14.4. The van der Waals surface area contributed by atoms with Gasteiger partial charge in [0.05, 0.1) is 13.0 Å². The minimum absolute atomic E-state index is 0.109. The molecule has 104 valence electrons. The standard InChI is InChI=1S/C13H17NO5/c1-19-10-4-2-3-8(6-10)5-9(12(15)16)7-11(14)13(17)18/h2-4,6,9,11H,5,7,14H2,1H3,(H,15,16)(H,17,18)/t9-,11+/m0/s1. The predicted octanol–water partition coefficient (Wildman–Crippen LogP) is 0.740. The summed E-state index contributed by atoms with van der Waals surface area (Å²) in [5.41, 5.74) is 6.15. The lowest BCUT2D eigenvalue weighted by molar-refractivity contribution is -0.143. The molecule has 0 saturated heterocycles. The molecular weight excluding hydrogens is 250 g/mol. The minimum atomic E-state index is -1.20. The van der Waals surface area contributed by atoms with Crippen LogP contribution >= 0.6 is 0 Å². The van der Waals surface area contributed by atoms with Crippen molar-refractivity contribution in [2.45, 2.75) is 18.9 Å². The molecule has 0 amide bonds. The van der Waals surface area contributed by atoms with Crippen molar-refractivity contribution in [2.24, 2.45) is 11.7 Å². The number of carboxylic acid groups (broad SMARTS) is 2. The summed E-state index contributed by atoms with van der Waals surface area (Å²) in [5.74, 6) is -2.46. The maximum absolute atomic E-state index is 11.1. The molecule has 6 nitrogen and oxygen atoms in total. The molecule has 2 atom stereocenters. The van der Waals surface area contributed by atoms with Crippen LogP contribution in [0.15, 0.2) is 24.3 Å². The van der Waals surface area contributed by atoms with E-state index >= 15 is 0 Å². The molecule has 0 aliphatic heterocycles. The highest BCUT2D eigenvalue weighted by Gasteiger charge is 2.24. The van der Waals surface area contributed by atoms with Crippen LogP contribution in [0.3, 0.4) is 0 Å². The van der Waals surface area contributed by atoms with Crippen molar-refractivity contribution in [3.8, 4) is 5.75 Å². The van der Waals surface area contributed by atoms with Crippen molar-refractivity contribution in [2.75, 3.05) is 7.11 Å². The van der Waals surface area contributed by atoms with Gasteiger partial charge in [-0.2, -0.15) is 0 Å². The fourth-order valence-corrected chi connectivity index (χ4v) is 1.76. The van der Waals surface area contributed by atoms with Gasteiger partial charge in [0.15, 0.2) is 0 Å². The van der Waals surface area contributed by atoms with Crippen LogP contribution in [0.4, 0.5) is 0 Å². The van der Waals surface area contributed by atoms with Gasteiger partial charge in [0.1, 0.15) is 11.8 Å². The number of benzene rings is 1. The molecule has 19 heavy (non-hydrogen) atoms. The maximum atomic E-state index is 11.1. The molecule has 0 bridgehead atoms. The van der Waals surface area contributed by atoms with E-state index in [1.807, 2.05) is 0 Å². The van der Waals surface area contributed by atoms with Gasteiger partial charge in [-0.25, -0.2) is 0 Å². The molecule has 0 heterocycles. The smallest absolute Gasteiger partial charge is 0.320 e. The first-order valence-corrected chi connectivity index (χ1v) is 5.78. The van der Waals surface area contributed by atoms with Crippen LogP contribution in [0.25, 0.3) is 0 Å². The van der Waals surface area contributed by atoms with E-state index in [1.165, 1.54) is 7.11 Å². The molecule has 1 aromatic carbocycles. The Hall–Kier alpha value is -2.08. The fraction of sp³-hybridized carbons (Fsp3) is 0.385. The summed E-state index contributed by atoms with van der Waals surface area (Å²) in [6.07, 6.45) is 0.107. The average molecular weight is 267 g/mol. The number of nitrogens with two attached hydrogens (primary N) is 1. The Morgan fingerprint density at radius 3 is 2.53 bits per heavy atom. The zero-order valence-electron chi connectivity index (χ0n) is 10.6. The summed E-state index contributed by atoms with van der Waals surface area (Å²) in [5, 5.41) is 17.8. The van der Waals surface area contributed by atoms with Crippen molar-refractivity contribution in [3.63, 3.8) is 0 Å². The highest BCUT2D eigenvalue weighted by atomic mass is 16.5. The Labute approximate surface area is 110 Å². The summed E-state index contributed by atoms with van der Waals surface area (Å²) in [6, 6.07) is 5.83. The third kappa shape index (κ3) is 4.59. The fourth-order valence-electron chi connectivity index (χ4n) is 1.76. The SMILES string of the molecule is COc1cccc(C[C@@H](C[C@@H](N)C(=O)O)C(=O)O)c1. The Morgan fingerprint density at radius 1 is 1.32 bits per heavy atom. The van der Waals surface area contributed by atoms with Gasteiger partial charge in [0, 0.05) is 0 Å². The van der Waals surface area contributed by atoms with Crippen molar-refractivity contribution >= 4 is 11.9 Å². The molecule has 0 aliphatic rings. The molecule has 1 rings (SSSR count). The quantitative estimate of drug-likeness (QED) is 0.672. The van der Waals surface area contributed by atoms with E-state index in [4.69, 9.17) is 20.7 Å².